The van der Waals surface area contributed by atoms with Gasteiger partial charge in [0.25, 0.3) is 0 Å². The Bertz CT molecular complexity index is 373. The molecule has 1 aromatic carbocycles. The van der Waals surface area contributed by atoms with E-state index in [0.29, 0.717) is 5.92 Å². The second kappa shape index (κ2) is 8.43. The average Bonchev–Trinajstić information content (AvgIpc) is 2.39. The van der Waals surface area contributed by atoms with Gasteiger partial charge in [0.2, 0.25) is 0 Å². The molecular formula is C16H24Br2O. The summed E-state index contributed by atoms with van der Waals surface area (Å²) in [7, 11) is 0. The molecular weight excluding hydrogens is 368 g/mol. The number of ether oxygens (including phenoxy) is 1. The lowest BCUT2D eigenvalue weighted by atomic mass is 9.81. The standard InChI is InChI=1S/C16H24Br2O/c1-13(2)10-19-8-7-16(11-17,12-18)15-6-4-5-14(3)9-15/h4-6,9,13H,7-8,10-12H2,1-3H3. The second-order valence-corrected chi connectivity index (χ2v) is 6.76. The van der Waals surface area contributed by atoms with Gasteiger partial charge in [0, 0.05) is 29.3 Å². The van der Waals surface area contributed by atoms with Crippen LogP contribution in [-0.2, 0) is 10.2 Å². The summed E-state index contributed by atoms with van der Waals surface area (Å²) in [5, 5.41) is 1.89. The molecule has 1 rings (SSSR count). The summed E-state index contributed by atoms with van der Waals surface area (Å²) in [6.45, 7) is 8.16. The lowest BCUT2D eigenvalue weighted by Crippen LogP contribution is -2.32. The maximum atomic E-state index is 5.76. The lowest BCUT2D eigenvalue weighted by molar-refractivity contribution is 0.0975. The summed E-state index contributed by atoms with van der Waals surface area (Å²) < 4.78 is 5.76. The van der Waals surface area contributed by atoms with Gasteiger partial charge in [0.05, 0.1) is 0 Å². The second-order valence-electron chi connectivity index (χ2n) is 5.64. The fraction of sp³-hybridized carbons (Fsp3) is 0.625. The van der Waals surface area contributed by atoms with Crippen molar-refractivity contribution in [1.82, 2.24) is 0 Å². The molecule has 0 fully saturated rings. The summed E-state index contributed by atoms with van der Waals surface area (Å²) in [4.78, 5) is 0. The summed E-state index contributed by atoms with van der Waals surface area (Å²) in [5.74, 6) is 0.598. The van der Waals surface area contributed by atoms with Crippen molar-refractivity contribution >= 4 is 31.9 Å². The van der Waals surface area contributed by atoms with Crippen molar-refractivity contribution in [1.29, 1.82) is 0 Å². The number of benzene rings is 1. The number of halogens is 2. The Balaban J connectivity index is 2.73. The van der Waals surface area contributed by atoms with Gasteiger partial charge in [-0.1, -0.05) is 75.5 Å². The van der Waals surface area contributed by atoms with Crippen LogP contribution in [0.1, 0.15) is 31.4 Å². The molecule has 0 bridgehead atoms. The first-order valence-electron chi connectivity index (χ1n) is 6.81. The predicted molar refractivity (Wildman–Crippen MR) is 90.7 cm³/mol. The van der Waals surface area contributed by atoms with E-state index in [1.807, 2.05) is 0 Å². The SMILES string of the molecule is Cc1cccc(C(CBr)(CBr)CCOCC(C)C)c1. The van der Waals surface area contributed by atoms with Crippen LogP contribution < -0.4 is 0 Å². The third-order valence-electron chi connectivity index (χ3n) is 3.32. The van der Waals surface area contributed by atoms with Crippen molar-refractivity contribution in [2.75, 3.05) is 23.9 Å². The average molecular weight is 392 g/mol. The molecule has 0 aliphatic carbocycles. The molecule has 0 N–H and O–H groups in total. The van der Waals surface area contributed by atoms with Crippen LogP contribution >= 0.6 is 31.9 Å². The van der Waals surface area contributed by atoms with Crippen molar-refractivity contribution in [3.8, 4) is 0 Å². The smallest absolute Gasteiger partial charge is 0.0488 e. The fourth-order valence-corrected chi connectivity index (χ4v) is 4.17. The van der Waals surface area contributed by atoms with Crippen LogP contribution in [0.25, 0.3) is 0 Å². The number of aryl methyl sites for hydroxylation is 1. The molecule has 0 saturated carbocycles. The van der Waals surface area contributed by atoms with Crippen molar-refractivity contribution in [2.24, 2.45) is 5.92 Å². The zero-order chi connectivity index (χ0) is 14.3. The van der Waals surface area contributed by atoms with Crippen LogP contribution in [0.15, 0.2) is 24.3 Å². The van der Waals surface area contributed by atoms with Crippen LogP contribution in [-0.4, -0.2) is 23.9 Å². The topological polar surface area (TPSA) is 9.23 Å². The predicted octanol–water partition coefficient (Wildman–Crippen LogP) is 5.09. The van der Waals surface area contributed by atoms with Crippen LogP contribution in [0.5, 0.6) is 0 Å². The first-order valence-corrected chi connectivity index (χ1v) is 9.05. The van der Waals surface area contributed by atoms with E-state index in [1.165, 1.54) is 11.1 Å². The summed E-state index contributed by atoms with van der Waals surface area (Å²) >= 11 is 7.38. The Labute approximate surface area is 134 Å². The number of hydrogen-bond donors (Lipinski definition) is 0. The van der Waals surface area contributed by atoms with E-state index < -0.39 is 0 Å². The molecule has 0 unspecified atom stereocenters. The quantitative estimate of drug-likeness (QED) is 0.443. The molecule has 0 aliphatic rings. The van der Waals surface area contributed by atoms with E-state index >= 15 is 0 Å². The number of hydrogen-bond acceptors (Lipinski definition) is 1. The molecule has 0 saturated heterocycles. The molecule has 0 heterocycles. The lowest BCUT2D eigenvalue weighted by Gasteiger charge is -2.31. The van der Waals surface area contributed by atoms with Gasteiger partial charge in [-0.05, 0) is 24.8 Å². The minimum absolute atomic E-state index is 0.114. The van der Waals surface area contributed by atoms with E-state index in [1.54, 1.807) is 0 Å². The maximum Gasteiger partial charge on any atom is 0.0488 e. The molecule has 0 amide bonds. The first-order chi connectivity index (χ1) is 9.04. The molecule has 1 nitrogen and oxygen atoms in total. The zero-order valence-electron chi connectivity index (χ0n) is 12.1. The highest BCUT2D eigenvalue weighted by molar-refractivity contribution is 9.09. The Hall–Kier alpha value is 0.140. The van der Waals surface area contributed by atoms with Crippen LogP contribution in [0, 0.1) is 12.8 Å². The third-order valence-corrected chi connectivity index (χ3v) is 5.46. The van der Waals surface area contributed by atoms with Gasteiger partial charge < -0.3 is 4.74 Å². The highest BCUT2D eigenvalue weighted by Gasteiger charge is 2.29. The van der Waals surface area contributed by atoms with Crippen molar-refractivity contribution in [2.45, 2.75) is 32.6 Å². The van der Waals surface area contributed by atoms with E-state index in [-0.39, 0.29) is 5.41 Å². The third kappa shape index (κ3) is 5.20. The van der Waals surface area contributed by atoms with Gasteiger partial charge in [-0.3, -0.25) is 0 Å². The molecule has 3 heteroatoms. The van der Waals surface area contributed by atoms with Crippen LogP contribution in [0.4, 0.5) is 0 Å². The van der Waals surface area contributed by atoms with Crippen molar-refractivity contribution < 1.29 is 4.74 Å². The van der Waals surface area contributed by atoms with Gasteiger partial charge in [-0.2, -0.15) is 0 Å². The molecule has 1 aromatic rings. The number of alkyl halides is 2. The Morgan fingerprint density at radius 2 is 1.89 bits per heavy atom. The zero-order valence-corrected chi connectivity index (χ0v) is 15.3. The van der Waals surface area contributed by atoms with E-state index in [2.05, 4.69) is 76.9 Å². The summed E-state index contributed by atoms with van der Waals surface area (Å²) in [6.07, 6.45) is 1.03. The highest BCUT2D eigenvalue weighted by Crippen LogP contribution is 2.33. The monoisotopic (exact) mass is 390 g/mol. The Morgan fingerprint density at radius 1 is 1.21 bits per heavy atom. The normalized spacial score (nSPS) is 12.1. The maximum absolute atomic E-state index is 5.76. The highest BCUT2D eigenvalue weighted by atomic mass is 79.9. The van der Waals surface area contributed by atoms with E-state index in [4.69, 9.17) is 4.74 Å². The largest absolute Gasteiger partial charge is 0.381 e. The van der Waals surface area contributed by atoms with Crippen LogP contribution in [0.3, 0.4) is 0 Å². The van der Waals surface area contributed by atoms with Crippen molar-refractivity contribution in [3.05, 3.63) is 35.4 Å². The molecule has 0 aromatic heterocycles. The molecule has 0 radical (unpaired) electrons. The first kappa shape index (κ1) is 17.2. The van der Waals surface area contributed by atoms with Gasteiger partial charge in [-0.25, -0.2) is 0 Å². The summed E-state index contributed by atoms with van der Waals surface area (Å²) in [5.41, 5.74) is 2.81. The van der Waals surface area contributed by atoms with Crippen molar-refractivity contribution in [3.63, 3.8) is 0 Å². The molecule has 108 valence electrons. The Morgan fingerprint density at radius 3 is 2.42 bits per heavy atom. The van der Waals surface area contributed by atoms with Crippen LogP contribution in [0.2, 0.25) is 0 Å². The fourth-order valence-electron chi connectivity index (χ4n) is 2.03. The van der Waals surface area contributed by atoms with Gasteiger partial charge in [0.15, 0.2) is 0 Å². The summed E-state index contributed by atoms with van der Waals surface area (Å²) in [6, 6.07) is 8.79. The van der Waals surface area contributed by atoms with E-state index in [0.717, 1.165) is 30.3 Å². The molecule has 19 heavy (non-hydrogen) atoms. The number of rotatable bonds is 8. The Kier molecular flexibility index (Phi) is 7.63. The minimum atomic E-state index is 0.114. The van der Waals surface area contributed by atoms with E-state index in [9.17, 15) is 0 Å². The van der Waals surface area contributed by atoms with Gasteiger partial charge in [-0.15, -0.1) is 0 Å². The molecule has 0 atom stereocenters. The molecule has 0 aliphatic heterocycles. The van der Waals surface area contributed by atoms with Gasteiger partial charge >= 0.3 is 0 Å². The minimum Gasteiger partial charge on any atom is -0.381 e. The molecule has 0 spiro atoms. The van der Waals surface area contributed by atoms with Gasteiger partial charge in [0.1, 0.15) is 0 Å².